The molecule has 15 heavy (non-hydrogen) atoms. The maximum Gasteiger partial charge on any atom is 0.151 e. The molecule has 0 bridgehead atoms. The van der Waals surface area contributed by atoms with Crippen molar-refractivity contribution in [2.24, 2.45) is 5.92 Å². The minimum Gasteiger partial charge on any atom is -0.316 e. The average Bonchev–Trinajstić information content (AvgIpc) is 2.15. The standard InChI is InChI=1S/C11H25NO2S/c1-4-5-7-12-8-10-15(13,14)9-6-11(2)3/h11-12H,4-10H2,1-3H3. The molecule has 0 spiro atoms. The van der Waals surface area contributed by atoms with E-state index in [0.29, 0.717) is 18.2 Å². The Morgan fingerprint density at radius 2 is 1.80 bits per heavy atom. The summed E-state index contributed by atoms with van der Waals surface area (Å²) in [7, 11) is -2.83. The van der Waals surface area contributed by atoms with Gasteiger partial charge in [-0.2, -0.15) is 0 Å². The van der Waals surface area contributed by atoms with Crippen LogP contribution in [0.3, 0.4) is 0 Å². The second-order valence-corrected chi connectivity index (χ2v) is 6.74. The Hall–Kier alpha value is -0.0900. The summed E-state index contributed by atoms with van der Waals surface area (Å²) in [6.45, 7) is 7.75. The summed E-state index contributed by atoms with van der Waals surface area (Å²) in [5.74, 6) is 1.08. The third-order valence-electron chi connectivity index (χ3n) is 2.30. The van der Waals surface area contributed by atoms with E-state index in [1.54, 1.807) is 0 Å². The van der Waals surface area contributed by atoms with Crippen molar-refractivity contribution in [2.45, 2.75) is 40.0 Å². The zero-order valence-electron chi connectivity index (χ0n) is 10.3. The van der Waals surface area contributed by atoms with E-state index >= 15 is 0 Å². The number of unbranched alkanes of at least 4 members (excludes halogenated alkanes) is 1. The van der Waals surface area contributed by atoms with Crippen molar-refractivity contribution in [1.29, 1.82) is 0 Å². The topological polar surface area (TPSA) is 46.2 Å². The molecule has 0 rings (SSSR count). The van der Waals surface area contributed by atoms with Crippen molar-refractivity contribution in [3.63, 3.8) is 0 Å². The van der Waals surface area contributed by atoms with E-state index in [1.807, 2.05) is 0 Å². The number of hydrogen-bond donors (Lipinski definition) is 1. The predicted octanol–water partition coefficient (Wildman–Crippen LogP) is 1.84. The predicted molar refractivity (Wildman–Crippen MR) is 65.9 cm³/mol. The zero-order chi connectivity index (χ0) is 11.7. The lowest BCUT2D eigenvalue weighted by Gasteiger charge is -2.07. The van der Waals surface area contributed by atoms with E-state index in [9.17, 15) is 8.42 Å². The van der Waals surface area contributed by atoms with Gasteiger partial charge in [-0.05, 0) is 25.3 Å². The monoisotopic (exact) mass is 235 g/mol. The molecule has 0 aromatic heterocycles. The second-order valence-electron chi connectivity index (χ2n) is 4.44. The average molecular weight is 235 g/mol. The van der Waals surface area contributed by atoms with Crippen LogP contribution in [0.25, 0.3) is 0 Å². The van der Waals surface area contributed by atoms with Crippen LogP contribution in [-0.2, 0) is 9.84 Å². The first-order valence-corrected chi connectivity index (χ1v) is 7.71. The van der Waals surface area contributed by atoms with Gasteiger partial charge in [0.25, 0.3) is 0 Å². The van der Waals surface area contributed by atoms with Crippen LogP contribution < -0.4 is 5.32 Å². The van der Waals surface area contributed by atoms with Gasteiger partial charge in [0.05, 0.1) is 11.5 Å². The van der Waals surface area contributed by atoms with Crippen molar-refractivity contribution < 1.29 is 8.42 Å². The van der Waals surface area contributed by atoms with Crippen LogP contribution in [-0.4, -0.2) is 33.0 Å². The molecular weight excluding hydrogens is 210 g/mol. The molecule has 0 aliphatic rings. The molecule has 0 saturated carbocycles. The Balaban J connectivity index is 3.56. The molecule has 0 aliphatic carbocycles. The van der Waals surface area contributed by atoms with Crippen molar-refractivity contribution in [1.82, 2.24) is 5.32 Å². The van der Waals surface area contributed by atoms with Gasteiger partial charge in [-0.3, -0.25) is 0 Å². The molecule has 0 aliphatic heterocycles. The normalized spacial score (nSPS) is 12.3. The molecule has 0 atom stereocenters. The van der Waals surface area contributed by atoms with Crippen molar-refractivity contribution >= 4 is 9.84 Å². The zero-order valence-corrected chi connectivity index (χ0v) is 11.1. The Morgan fingerprint density at radius 1 is 1.13 bits per heavy atom. The number of rotatable bonds is 9. The third-order valence-corrected chi connectivity index (χ3v) is 3.99. The number of hydrogen-bond acceptors (Lipinski definition) is 3. The van der Waals surface area contributed by atoms with Gasteiger partial charge in [0.1, 0.15) is 0 Å². The van der Waals surface area contributed by atoms with Crippen LogP contribution in [0.15, 0.2) is 0 Å². The molecule has 0 amide bonds. The summed E-state index contributed by atoms with van der Waals surface area (Å²) >= 11 is 0. The van der Waals surface area contributed by atoms with Crippen molar-refractivity contribution in [3.8, 4) is 0 Å². The first-order chi connectivity index (χ1) is 6.98. The summed E-state index contributed by atoms with van der Waals surface area (Å²) in [6, 6.07) is 0. The van der Waals surface area contributed by atoms with E-state index in [2.05, 4.69) is 26.1 Å². The van der Waals surface area contributed by atoms with E-state index in [4.69, 9.17) is 0 Å². The van der Waals surface area contributed by atoms with Gasteiger partial charge in [-0.25, -0.2) is 8.42 Å². The molecule has 4 heteroatoms. The van der Waals surface area contributed by atoms with Crippen molar-refractivity contribution in [3.05, 3.63) is 0 Å². The highest BCUT2D eigenvalue weighted by atomic mass is 32.2. The molecule has 0 heterocycles. The molecular formula is C11H25NO2S. The highest BCUT2D eigenvalue weighted by Gasteiger charge is 2.10. The second kappa shape index (κ2) is 8.11. The molecule has 92 valence electrons. The Morgan fingerprint density at radius 3 is 2.33 bits per heavy atom. The van der Waals surface area contributed by atoms with E-state index in [1.165, 1.54) is 0 Å². The maximum absolute atomic E-state index is 11.5. The Kier molecular flexibility index (Phi) is 8.06. The molecule has 0 radical (unpaired) electrons. The van der Waals surface area contributed by atoms with Crippen LogP contribution in [0.2, 0.25) is 0 Å². The number of sulfone groups is 1. The van der Waals surface area contributed by atoms with Gasteiger partial charge >= 0.3 is 0 Å². The molecule has 1 N–H and O–H groups in total. The minimum absolute atomic E-state index is 0.281. The van der Waals surface area contributed by atoms with Crippen LogP contribution in [0.5, 0.6) is 0 Å². The number of nitrogens with one attached hydrogen (secondary N) is 1. The lowest BCUT2D eigenvalue weighted by molar-refractivity contribution is 0.569. The first-order valence-electron chi connectivity index (χ1n) is 5.89. The van der Waals surface area contributed by atoms with E-state index in [-0.39, 0.29) is 5.75 Å². The fraction of sp³-hybridized carbons (Fsp3) is 1.00. The SMILES string of the molecule is CCCCNCCS(=O)(=O)CCC(C)C. The highest BCUT2D eigenvalue weighted by molar-refractivity contribution is 7.91. The summed E-state index contributed by atoms with van der Waals surface area (Å²) in [5, 5.41) is 3.15. The summed E-state index contributed by atoms with van der Waals surface area (Å²) < 4.78 is 23.1. The molecule has 0 unspecified atom stereocenters. The van der Waals surface area contributed by atoms with Gasteiger partial charge < -0.3 is 5.32 Å². The fourth-order valence-corrected chi connectivity index (χ4v) is 2.66. The van der Waals surface area contributed by atoms with Crippen LogP contribution in [0, 0.1) is 5.92 Å². The molecule has 3 nitrogen and oxygen atoms in total. The van der Waals surface area contributed by atoms with Gasteiger partial charge in [-0.15, -0.1) is 0 Å². The van der Waals surface area contributed by atoms with Gasteiger partial charge in [0.2, 0.25) is 0 Å². The fourth-order valence-electron chi connectivity index (χ4n) is 1.17. The highest BCUT2D eigenvalue weighted by Crippen LogP contribution is 2.03. The van der Waals surface area contributed by atoms with E-state index < -0.39 is 9.84 Å². The van der Waals surface area contributed by atoms with Crippen LogP contribution in [0.1, 0.15) is 40.0 Å². The smallest absolute Gasteiger partial charge is 0.151 e. The summed E-state index contributed by atoms with van der Waals surface area (Å²) in [6.07, 6.45) is 3.04. The summed E-state index contributed by atoms with van der Waals surface area (Å²) in [5.41, 5.74) is 0. The molecule has 0 aromatic carbocycles. The van der Waals surface area contributed by atoms with Gasteiger partial charge in [0, 0.05) is 6.54 Å². The Labute approximate surface area is 94.6 Å². The lowest BCUT2D eigenvalue weighted by Crippen LogP contribution is -2.25. The maximum atomic E-state index is 11.5. The van der Waals surface area contributed by atoms with Crippen molar-refractivity contribution in [2.75, 3.05) is 24.6 Å². The summed E-state index contributed by atoms with van der Waals surface area (Å²) in [4.78, 5) is 0. The third kappa shape index (κ3) is 10.2. The quantitative estimate of drug-likeness (QED) is 0.620. The Bertz CT molecular complexity index is 235. The van der Waals surface area contributed by atoms with E-state index in [0.717, 1.165) is 25.8 Å². The van der Waals surface area contributed by atoms with Gasteiger partial charge in [-0.1, -0.05) is 27.2 Å². The van der Waals surface area contributed by atoms with Crippen LogP contribution in [0.4, 0.5) is 0 Å². The molecule has 0 aromatic rings. The lowest BCUT2D eigenvalue weighted by atomic mass is 10.2. The van der Waals surface area contributed by atoms with Crippen LogP contribution >= 0.6 is 0 Å². The largest absolute Gasteiger partial charge is 0.316 e. The molecule has 0 saturated heterocycles. The van der Waals surface area contributed by atoms with Gasteiger partial charge in [0.15, 0.2) is 9.84 Å². The molecule has 0 fully saturated rings. The first kappa shape index (κ1) is 14.9. The minimum atomic E-state index is -2.83.